The summed E-state index contributed by atoms with van der Waals surface area (Å²) in [7, 11) is 1.45. The van der Waals surface area contributed by atoms with Crippen LogP contribution < -0.4 is 0 Å². The van der Waals surface area contributed by atoms with Gasteiger partial charge >= 0.3 is 0 Å². The molecule has 4 nitrogen and oxygen atoms in total. The van der Waals surface area contributed by atoms with Crippen molar-refractivity contribution in [3.63, 3.8) is 0 Å². The third-order valence-electron chi connectivity index (χ3n) is 1.36. The van der Waals surface area contributed by atoms with Crippen LogP contribution in [0, 0.1) is 0 Å². The molecule has 0 spiro atoms. The van der Waals surface area contributed by atoms with Gasteiger partial charge in [-0.15, -0.1) is 0 Å². The third-order valence-corrected chi connectivity index (χ3v) is 1.36. The van der Waals surface area contributed by atoms with E-state index in [9.17, 15) is 0 Å². The van der Waals surface area contributed by atoms with E-state index in [1.54, 1.807) is 0 Å². The Labute approximate surface area is 97.1 Å². The van der Waals surface area contributed by atoms with Crippen molar-refractivity contribution in [1.82, 2.24) is 0 Å². The number of benzene rings is 1. The van der Waals surface area contributed by atoms with Crippen LogP contribution in [0.2, 0.25) is 0 Å². The van der Waals surface area contributed by atoms with Crippen LogP contribution in [0.25, 0.3) is 0 Å². The minimum atomic E-state index is 0.158. The highest BCUT2D eigenvalue weighted by atomic mass is 17.2. The van der Waals surface area contributed by atoms with Gasteiger partial charge < -0.3 is 9.53 Å². The van der Waals surface area contributed by atoms with Crippen molar-refractivity contribution in [2.24, 2.45) is 0 Å². The lowest BCUT2D eigenvalue weighted by molar-refractivity contribution is -0.320. The summed E-state index contributed by atoms with van der Waals surface area (Å²) in [6, 6.07) is 9.89. The summed E-state index contributed by atoms with van der Waals surface area (Å²) in [6.07, 6.45) is 0. The van der Waals surface area contributed by atoms with E-state index >= 15 is 0 Å². The standard InChI is InChI=1S/C9H12O3.C2H6.CH2O/c1-10-12-8-11-7-9-5-3-2-4-6-9;2*1-2/h2-6H,7-8H2,1H3;1-2H3;1H2. The fourth-order valence-corrected chi connectivity index (χ4v) is 0.816. The van der Waals surface area contributed by atoms with Gasteiger partial charge in [-0.3, -0.25) is 0 Å². The zero-order chi connectivity index (χ0) is 12.6. The van der Waals surface area contributed by atoms with Crippen LogP contribution in [0.5, 0.6) is 0 Å². The molecule has 0 atom stereocenters. The van der Waals surface area contributed by atoms with E-state index in [4.69, 9.17) is 9.53 Å². The van der Waals surface area contributed by atoms with Crippen LogP contribution in [-0.4, -0.2) is 20.7 Å². The Morgan fingerprint density at radius 1 is 1.12 bits per heavy atom. The molecule has 0 heterocycles. The van der Waals surface area contributed by atoms with Crippen LogP contribution in [0.4, 0.5) is 0 Å². The van der Waals surface area contributed by atoms with Crippen LogP contribution in [0.1, 0.15) is 19.4 Å². The summed E-state index contributed by atoms with van der Waals surface area (Å²) in [6.45, 7) is 6.70. The van der Waals surface area contributed by atoms with Crippen molar-refractivity contribution in [2.45, 2.75) is 20.5 Å². The Hall–Kier alpha value is -1.23. The molecule has 0 unspecified atom stereocenters. The lowest BCUT2D eigenvalue weighted by atomic mass is 10.2. The topological polar surface area (TPSA) is 44.8 Å². The van der Waals surface area contributed by atoms with Crippen LogP contribution in [-0.2, 0) is 25.9 Å². The maximum atomic E-state index is 8.00. The molecule has 0 amide bonds. The molecule has 0 saturated carbocycles. The molecule has 0 aromatic heterocycles. The Bertz CT molecular complexity index is 214. The summed E-state index contributed by atoms with van der Waals surface area (Å²) in [5.41, 5.74) is 1.12. The van der Waals surface area contributed by atoms with E-state index in [0.717, 1.165) is 5.56 Å². The Morgan fingerprint density at radius 2 is 1.69 bits per heavy atom. The molecule has 16 heavy (non-hydrogen) atoms. The summed E-state index contributed by atoms with van der Waals surface area (Å²) in [5.74, 6) is 0. The predicted molar refractivity (Wildman–Crippen MR) is 62.7 cm³/mol. The molecule has 0 fully saturated rings. The van der Waals surface area contributed by atoms with Crippen molar-refractivity contribution < 1.29 is 19.3 Å². The molecule has 0 radical (unpaired) electrons. The maximum absolute atomic E-state index is 8.00. The Balaban J connectivity index is 0. The van der Waals surface area contributed by atoms with Crippen molar-refractivity contribution >= 4 is 6.79 Å². The normalized spacial score (nSPS) is 8.19. The van der Waals surface area contributed by atoms with Gasteiger partial charge in [0, 0.05) is 0 Å². The first kappa shape index (κ1) is 17.2. The highest BCUT2D eigenvalue weighted by Crippen LogP contribution is 1.99. The predicted octanol–water partition coefficient (Wildman–Crippen LogP) is 2.58. The SMILES string of the molecule is C=O.CC.COOCOCc1ccccc1. The summed E-state index contributed by atoms with van der Waals surface area (Å²) in [4.78, 5) is 16.9. The smallest absolute Gasteiger partial charge is 0.181 e. The molecule has 0 saturated heterocycles. The first-order valence-electron chi connectivity index (χ1n) is 4.99. The van der Waals surface area contributed by atoms with Gasteiger partial charge in [-0.05, 0) is 5.56 Å². The first-order chi connectivity index (χ1) is 7.93. The third kappa shape index (κ3) is 10.8. The molecule has 0 aliphatic carbocycles. The van der Waals surface area contributed by atoms with Crippen molar-refractivity contribution in [3.8, 4) is 0 Å². The lowest BCUT2D eigenvalue weighted by Crippen LogP contribution is -1.98. The number of hydrogen-bond acceptors (Lipinski definition) is 4. The number of ether oxygens (including phenoxy) is 1. The molecular formula is C12H20O4. The molecule has 4 heteroatoms. The van der Waals surface area contributed by atoms with Gasteiger partial charge in [0.25, 0.3) is 0 Å². The Kier molecular flexibility index (Phi) is 17.4. The molecule has 0 N–H and O–H groups in total. The average Bonchev–Trinajstić information content (AvgIpc) is 2.41. The summed E-state index contributed by atoms with van der Waals surface area (Å²) < 4.78 is 5.11. The Morgan fingerprint density at radius 3 is 2.19 bits per heavy atom. The summed E-state index contributed by atoms with van der Waals surface area (Å²) >= 11 is 0. The molecule has 0 aliphatic heterocycles. The van der Waals surface area contributed by atoms with E-state index in [0.29, 0.717) is 6.61 Å². The first-order valence-corrected chi connectivity index (χ1v) is 4.99. The van der Waals surface area contributed by atoms with E-state index in [-0.39, 0.29) is 6.79 Å². The van der Waals surface area contributed by atoms with Gasteiger partial charge in [-0.2, -0.15) is 0 Å². The second-order valence-corrected chi connectivity index (χ2v) is 2.24. The fourth-order valence-electron chi connectivity index (χ4n) is 0.816. The van der Waals surface area contributed by atoms with E-state index in [2.05, 4.69) is 9.78 Å². The molecule has 1 aromatic carbocycles. The number of hydrogen-bond donors (Lipinski definition) is 0. The molecule has 1 aromatic rings. The quantitative estimate of drug-likeness (QED) is 0.336. The second-order valence-electron chi connectivity index (χ2n) is 2.24. The van der Waals surface area contributed by atoms with E-state index in [1.807, 2.05) is 51.0 Å². The largest absolute Gasteiger partial charge is 0.348 e. The maximum Gasteiger partial charge on any atom is 0.181 e. The molecule has 0 bridgehead atoms. The number of carbonyl (C=O) groups excluding carboxylic acids is 1. The second kappa shape index (κ2) is 16.2. The molecule has 92 valence electrons. The molecule has 0 aliphatic rings. The van der Waals surface area contributed by atoms with Crippen molar-refractivity contribution in [2.75, 3.05) is 13.9 Å². The lowest BCUT2D eigenvalue weighted by Gasteiger charge is -2.02. The van der Waals surface area contributed by atoms with E-state index in [1.165, 1.54) is 7.11 Å². The zero-order valence-corrected chi connectivity index (χ0v) is 10.1. The fraction of sp³-hybridized carbons (Fsp3) is 0.417. The minimum absolute atomic E-state index is 0.158. The van der Waals surface area contributed by atoms with Crippen LogP contribution in [0.3, 0.4) is 0 Å². The van der Waals surface area contributed by atoms with Gasteiger partial charge in [0.15, 0.2) is 6.79 Å². The van der Waals surface area contributed by atoms with Crippen LogP contribution in [0.15, 0.2) is 30.3 Å². The van der Waals surface area contributed by atoms with E-state index < -0.39 is 0 Å². The van der Waals surface area contributed by atoms with Gasteiger partial charge in [-0.25, -0.2) is 9.78 Å². The van der Waals surface area contributed by atoms with Gasteiger partial charge in [0.1, 0.15) is 6.79 Å². The minimum Gasteiger partial charge on any atom is -0.348 e. The zero-order valence-electron chi connectivity index (χ0n) is 10.1. The van der Waals surface area contributed by atoms with Gasteiger partial charge in [0.2, 0.25) is 0 Å². The average molecular weight is 228 g/mol. The highest BCUT2D eigenvalue weighted by Gasteiger charge is 1.90. The van der Waals surface area contributed by atoms with Gasteiger partial charge in [-0.1, -0.05) is 44.2 Å². The molecular weight excluding hydrogens is 208 g/mol. The summed E-state index contributed by atoms with van der Waals surface area (Å²) in [5, 5.41) is 0. The monoisotopic (exact) mass is 228 g/mol. The number of rotatable bonds is 5. The van der Waals surface area contributed by atoms with Crippen LogP contribution >= 0.6 is 0 Å². The molecule has 1 rings (SSSR count). The van der Waals surface area contributed by atoms with Crippen molar-refractivity contribution in [3.05, 3.63) is 35.9 Å². The van der Waals surface area contributed by atoms with Gasteiger partial charge in [0.05, 0.1) is 13.7 Å². The highest BCUT2D eigenvalue weighted by molar-refractivity contribution is 5.13. The van der Waals surface area contributed by atoms with Crippen molar-refractivity contribution in [1.29, 1.82) is 0 Å². The number of carbonyl (C=O) groups is 1.